The van der Waals surface area contributed by atoms with Crippen LogP contribution in [0.25, 0.3) is 0 Å². The number of carbonyl (C=O) groups excluding carboxylic acids is 3. The molecule has 0 aromatic heterocycles. The number of ketones is 1. The lowest BCUT2D eigenvalue weighted by Crippen LogP contribution is -2.51. The highest BCUT2D eigenvalue weighted by Gasteiger charge is 2.83. The van der Waals surface area contributed by atoms with Gasteiger partial charge in [0.05, 0.1) is 6.54 Å². The summed E-state index contributed by atoms with van der Waals surface area (Å²) in [5.41, 5.74) is -0.251. The van der Waals surface area contributed by atoms with Gasteiger partial charge in [0.15, 0.2) is 5.78 Å². The fraction of sp³-hybridized carbons (Fsp3) is 0.526. The summed E-state index contributed by atoms with van der Waals surface area (Å²) in [6.45, 7) is 1.72. The maximum atomic E-state index is 13.1. The average molecular weight is 324 g/mol. The number of Topliss-reactive ketones (excluding diaryl/α,β-unsaturated/α-hetero) is 1. The van der Waals surface area contributed by atoms with Crippen LogP contribution in [0.5, 0.6) is 0 Å². The van der Waals surface area contributed by atoms with Crippen LogP contribution in [0.3, 0.4) is 0 Å². The van der Waals surface area contributed by atoms with Gasteiger partial charge in [-0.1, -0.05) is 30.3 Å². The molecule has 4 saturated carbocycles. The first-order chi connectivity index (χ1) is 11.5. The van der Waals surface area contributed by atoms with E-state index in [2.05, 4.69) is 0 Å². The molecule has 0 N–H and O–H groups in total. The van der Waals surface area contributed by atoms with Crippen LogP contribution in [-0.2, 0) is 4.79 Å². The average Bonchev–Trinajstić information content (AvgIpc) is 3.39. The first-order valence-electron chi connectivity index (χ1n) is 8.64. The van der Waals surface area contributed by atoms with Crippen molar-refractivity contribution in [2.45, 2.75) is 18.9 Å². The third kappa shape index (κ3) is 1.53. The van der Waals surface area contributed by atoms with E-state index in [0.717, 1.165) is 29.1 Å². The van der Waals surface area contributed by atoms with Crippen LogP contribution in [0.2, 0.25) is 0 Å². The lowest BCUT2D eigenvalue weighted by atomic mass is 9.82. The Morgan fingerprint density at radius 2 is 1.83 bits per heavy atom. The molecule has 2 bridgehead atoms. The first-order valence-corrected chi connectivity index (χ1v) is 8.64. The summed E-state index contributed by atoms with van der Waals surface area (Å²) >= 11 is 0. The van der Waals surface area contributed by atoms with Crippen molar-refractivity contribution in [1.29, 1.82) is 0 Å². The Hall–Kier alpha value is -2.17. The minimum absolute atomic E-state index is 0.171. The van der Waals surface area contributed by atoms with Crippen molar-refractivity contribution in [2.24, 2.45) is 29.6 Å². The minimum atomic E-state index is -0.781. The maximum Gasteiger partial charge on any atom is 0.327 e. The number of carbonyl (C=O) groups is 3. The third-order valence-corrected chi connectivity index (χ3v) is 7.04. The summed E-state index contributed by atoms with van der Waals surface area (Å²) in [7, 11) is 1.71. The highest BCUT2D eigenvalue weighted by Crippen LogP contribution is 2.85. The van der Waals surface area contributed by atoms with E-state index in [-0.39, 0.29) is 30.2 Å². The van der Waals surface area contributed by atoms with Gasteiger partial charge in [-0.3, -0.25) is 14.5 Å². The molecule has 4 aliphatic carbocycles. The van der Waals surface area contributed by atoms with Crippen molar-refractivity contribution >= 4 is 17.7 Å². The molecule has 0 radical (unpaired) electrons. The number of hydrogen-bond donors (Lipinski definition) is 0. The standard InChI is InChI=1S/C19H20N2O3/c1-19(12-8-11-14-15(11)16(12)14)17(23)21(18(24)20(19)2)9-13(22)10-6-4-3-5-7-10/h3-7,11-12,14-16H,8-9H2,1-2H3/t11-,12?,14?,15?,16-,19?. The molecular weight excluding hydrogens is 304 g/mol. The fourth-order valence-electron chi connectivity index (χ4n) is 5.43. The highest BCUT2D eigenvalue weighted by atomic mass is 16.2. The molecule has 1 saturated heterocycles. The molecule has 4 atom stereocenters. The molecule has 24 heavy (non-hydrogen) atoms. The number of urea groups is 1. The lowest BCUT2D eigenvalue weighted by molar-refractivity contribution is -0.134. The van der Waals surface area contributed by atoms with E-state index in [1.165, 1.54) is 0 Å². The van der Waals surface area contributed by atoms with E-state index in [9.17, 15) is 14.4 Å². The smallest absolute Gasteiger partial charge is 0.313 e. The van der Waals surface area contributed by atoms with Crippen molar-refractivity contribution in [3.8, 4) is 0 Å². The van der Waals surface area contributed by atoms with Crippen LogP contribution in [0, 0.1) is 29.6 Å². The van der Waals surface area contributed by atoms with Crippen LogP contribution in [0.1, 0.15) is 23.7 Å². The largest absolute Gasteiger partial charge is 0.327 e. The van der Waals surface area contributed by atoms with Gasteiger partial charge in [-0.15, -0.1) is 0 Å². The van der Waals surface area contributed by atoms with Gasteiger partial charge in [0, 0.05) is 12.6 Å². The molecule has 6 rings (SSSR count). The zero-order valence-electron chi connectivity index (χ0n) is 13.8. The minimum Gasteiger partial charge on any atom is -0.313 e. The predicted octanol–water partition coefficient (Wildman–Crippen LogP) is 2.03. The van der Waals surface area contributed by atoms with Crippen molar-refractivity contribution in [3.05, 3.63) is 35.9 Å². The summed E-state index contributed by atoms with van der Waals surface area (Å²) in [4.78, 5) is 40.9. The van der Waals surface area contributed by atoms with Gasteiger partial charge in [-0.2, -0.15) is 0 Å². The van der Waals surface area contributed by atoms with Crippen molar-refractivity contribution in [3.63, 3.8) is 0 Å². The van der Waals surface area contributed by atoms with E-state index in [4.69, 9.17) is 0 Å². The molecule has 5 heteroatoms. The van der Waals surface area contributed by atoms with Crippen LogP contribution in [-0.4, -0.2) is 46.7 Å². The molecule has 4 unspecified atom stereocenters. The summed E-state index contributed by atoms with van der Waals surface area (Å²) in [5, 5.41) is 0. The number of benzene rings is 1. The quantitative estimate of drug-likeness (QED) is 0.629. The number of likely N-dealkylation sites (N-methyl/N-ethyl adjacent to an activating group) is 1. The van der Waals surface area contributed by atoms with E-state index >= 15 is 0 Å². The van der Waals surface area contributed by atoms with Crippen LogP contribution < -0.4 is 0 Å². The molecule has 5 fully saturated rings. The third-order valence-electron chi connectivity index (χ3n) is 7.04. The van der Waals surface area contributed by atoms with Gasteiger partial charge in [0.25, 0.3) is 5.91 Å². The number of amides is 3. The lowest BCUT2D eigenvalue weighted by Gasteiger charge is -2.34. The second-order valence-corrected chi connectivity index (χ2v) is 7.91. The number of nitrogens with zero attached hydrogens (tertiary/aromatic N) is 2. The topological polar surface area (TPSA) is 57.7 Å². The molecule has 1 aromatic rings. The van der Waals surface area contributed by atoms with Crippen LogP contribution in [0.4, 0.5) is 4.79 Å². The monoisotopic (exact) mass is 324 g/mol. The van der Waals surface area contributed by atoms with Gasteiger partial charge in [0.1, 0.15) is 5.54 Å². The second kappa shape index (κ2) is 4.26. The Morgan fingerprint density at radius 1 is 1.17 bits per heavy atom. The van der Waals surface area contributed by atoms with Crippen molar-refractivity contribution < 1.29 is 14.4 Å². The Labute approximate surface area is 140 Å². The van der Waals surface area contributed by atoms with E-state index in [1.807, 2.05) is 13.0 Å². The predicted molar refractivity (Wildman–Crippen MR) is 86.1 cm³/mol. The molecule has 1 aromatic carbocycles. The van der Waals surface area contributed by atoms with Gasteiger partial charge in [-0.05, 0) is 42.9 Å². The fourth-order valence-corrected chi connectivity index (χ4v) is 5.43. The summed E-state index contributed by atoms with van der Waals surface area (Å²) in [5.74, 6) is 2.94. The summed E-state index contributed by atoms with van der Waals surface area (Å²) < 4.78 is 0. The molecule has 124 valence electrons. The normalized spacial score (nSPS) is 41.7. The van der Waals surface area contributed by atoms with Crippen molar-refractivity contribution in [1.82, 2.24) is 9.80 Å². The molecule has 1 heterocycles. The molecule has 0 spiro atoms. The zero-order chi connectivity index (χ0) is 16.8. The number of fused-ring (bicyclic) bond motifs is 1. The zero-order valence-corrected chi connectivity index (χ0v) is 13.8. The number of hydrogen-bond acceptors (Lipinski definition) is 3. The highest BCUT2D eigenvalue weighted by molar-refractivity contribution is 6.11. The van der Waals surface area contributed by atoms with Gasteiger partial charge in [0.2, 0.25) is 0 Å². The molecule has 5 aliphatic rings. The van der Waals surface area contributed by atoms with E-state index in [0.29, 0.717) is 11.5 Å². The van der Waals surface area contributed by atoms with Gasteiger partial charge < -0.3 is 4.90 Å². The molecular formula is C19H20N2O3. The molecule has 1 aliphatic heterocycles. The maximum absolute atomic E-state index is 13.1. The van der Waals surface area contributed by atoms with Crippen LogP contribution >= 0.6 is 0 Å². The Balaban J connectivity index is 1.40. The van der Waals surface area contributed by atoms with Gasteiger partial charge in [-0.25, -0.2) is 4.79 Å². The van der Waals surface area contributed by atoms with Crippen molar-refractivity contribution in [2.75, 3.05) is 13.6 Å². The van der Waals surface area contributed by atoms with Gasteiger partial charge >= 0.3 is 6.03 Å². The summed E-state index contributed by atoms with van der Waals surface area (Å²) in [6, 6.07) is 8.49. The second-order valence-electron chi connectivity index (χ2n) is 7.91. The molecule has 5 nitrogen and oxygen atoms in total. The van der Waals surface area contributed by atoms with Crippen LogP contribution in [0.15, 0.2) is 30.3 Å². The summed E-state index contributed by atoms with van der Waals surface area (Å²) in [6.07, 6.45) is 1.06. The Kier molecular flexibility index (Phi) is 2.52. The SMILES string of the molecule is CN1C(=O)N(CC(=O)c2ccccc2)C(=O)C1(C)C1C[C@H]2C3C2[C@@H]13. The number of rotatable bonds is 4. The van der Waals surface area contributed by atoms with E-state index < -0.39 is 5.54 Å². The Morgan fingerprint density at radius 3 is 2.42 bits per heavy atom. The number of imide groups is 1. The molecule has 3 amide bonds. The Bertz CT molecular complexity index is 759. The first kappa shape index (κ1) is 14.2. The van der Waals surface area contributed by atoms with E-state index in [1.54, 1.807) is 36.2 Å².